The fourth-order valence-electron chi connectivity index (χ4n) is 3.14. The third-order valence-corrected chi connectivity index (χ3v) is 4.79. The first-order valence-electron chi connectivity index (χ1n) is 9.75. The molecule has 1 amide bonds. The van der Waals surface area contributed by atoms with Crippen LogP contribution in [-0.4, -0.2) is 20.9 Å². The quantitative estimate of drug-likeness (QED) is 0.534. The van der Waals surface area contributed by atoms with Gasteiger partial charge in [0.15, 0.2) is 0 Å². The minimum Gasteiger partial charge on any atom is -0.347 e. The van der Waals surface area contributed by atoms with Crippen molar-refractivity contribution in [3.05, 3.63) is 102 Å². The Balaban J connectivity index is 1.39. The fourth-order valence-corrected chi connectivity index (χ4v) is 3.14. The molecule has 0 bridgehead atoms. The third-order valence-electron chi connectivity index (χ3n) is 4.79. The Morgan fingerprint density at radius 1 is 0.935 bits per heavy atom. The van der Waals surface area contributed by atoms with Crippen molar-refractivity contribution in [1.82, 2.24) is 20.3 Å². The number of nitriles is 1. The maximum absolute atomic E-state index is 12.4. The van der Waals surface area contributed by atoms with Gasteiger partial charge >= 0.3 is 0 Å². The van der Waals surface area contributed by atoms with Crippen molar-refractivity contribution in [1.29, 1.82) is 5.26 Å². The SMILES string of the molecule is Cc1cc(-c2ccc(CNC(=O)c3ccc(-c4cccc(C#N)c4)cn3)cn2)ccn1. The zero-order chi connectivity index (χ0) is 21.6. The van der Waals surface area contributed by atoms with Crippen LogP contribution in [0.3, 0.4) is 0 Å². The number of hydrogen-bond acceptors (Lipinski definition) is 5. The summed E-state index contributed by atoms with van der Waals surface area (Å²) in [7, 11) is 0. The molecule has 0 radical (unpaired) electrons. The number of benzene rings is 1. The van der Waals surface area contributed by atoms with Crippen LogP contribution in [0, 0.1) is 18.3 Å². The van der Waals surface area contributed by atoms with E-state index in [0.717, 1.165) is 33.6 Å². The number of nitrogens with one attached hydrogen (secondary N) is 1. The van der Waals surface area contributed by atoms with Crippen LogP contribution >= 0.6 is 0 Å². The van der Waals surface area contributed by atoms with Crippen molar-refractivity contribution in [2.45, 2.75) is 13.5 Å². The van der Waals surface area contributed by atoms with E-state index in [2.05, 4.69) is 26.3 Å². The molecule has 0 saturated heterocycles. The standard InChI is InChI=1S/C25H19N5O/c1-17-11-21(9-10-27-17)23-7-5-19(14-28-23)15-30-25(31)24-8-6-22(16-29-24)20-4-2-3-18(12-20)13-26/h2-12,14,16H,15H2,1H3,(H,30,31). The van der Waals surface area contributed by atoms with E-state index in [-0.39, 0.29) is 5.91 Å². The minimum absolute atomic E-state index is 0.258. The molecule has 0 atom stereocenters. The zero-order valence-electron chi connectivity index (χ0n) is 16.9. The maximum Gasteiger partial charge on any atom is 0.270 e. The Morgan fingerprint density at radius 3 is 2.55 bits per heavy atom. The van der Waals surface area contributed by atoms with Gasteiger partial charge in [0.2, 0.25) is 0 Å². The van der Waals surface area contributed by atoms with Gasteiger partial charge in [-0.1, -0.05) is 24.3 Å². The first-order chi connectivity index (χ1) is 15.1. The highest BCUT2D eigenvalue weighted by molar-refractivity contribution is 5.92. The lowest BCUT2D eigenvalue weighted by Crippen LogP contribution is -2.23. The number of aromatic nitrogens is 3. The summed E-state index contributed by atoms with van der Waals surface area (Å²) in [5.41, 5.74) is 6.34. The second kappa shape index (κ2) is 8.97. The molecule has 0 aliphatic carbocycles. The molecule has 150 valence electrons. The lowest BCUT2D eigenvalue weighted by molar-refractivity contribution is 0.0946. The highest BCUT2D eigenvalue weighted by atomic mass is 16.1. The van der Waals surface area contributed by atoms with E-state index >= 15 is 0 Å². The van der Waals surface area contributed by atoms with Crippen molar-refractivity contribution in [3.8, 4) is 28.5 Å². The van der Waals surface area contributed by atoms with E-state index in [1.165, 1.54) is 0 Å². The molecule has 0 spiro atoms. The summed E-state index contributed by atoms with van der Waals surface area (Å²) in [5.74, 6) is -0.258. The molecule has 6 heteroatoms. The van der Waals surface area contributed by atoms with E-state index < -0.39 is 0 Å². The summed E-state index contributed by atoms with van der Waals surface area (Å²) in [6.45, 7) is 2.30. The second-order valence-electron chi connectivity index (χ2n) is 7.04. The average molecular weight is 405 g/mol. The molecule has 0 saturated carbocycles. The monoisotopic (exact) mass is 405 g/mol. The van der Waals surface area contributed by atoms with Crippen LogP contribution in [0.25, 0.3) is 22.4 Å². The number of carbonyl (C=O) groups is 1. The Hall–Kier alpha value is -4.37. The Morgan fingerprint density at radius 2 is 1.84 bits per heavy atom. The van der Waals surface area contributed by atoms with Crippen molar-refractivity contribution < 1.29 is 4.79 Å². The van der Waals surface area contributed by atoms with Crippen LogP contribution in [0.15, 0.2) is 79.3 Å². The summed E-state index contributed by atoms with van der Waals surface area (Å²) in [5, 5.41) is 11.9. The summed E-state index contributed by atoms with van der Waals surface area (Å²) in [6.07, 6.45) is 5.15. The highest BCUT2D eigenvalue weighted by Gasteiger charge is 2.08. The molecule has 4 aromatic rings. The van der Waals surface area contributed by atoms with Crippen molar-refractivity contribution in [2.75, 3.05) is 0 Å². The second-order valence-corrected chi connectivity index (χ2v) is 7.04. The minimum atomic E-state index is -0.258. The molecule has 1 aromatic carbocycles. The van der Waals surface area contributed by atoms with Crippen LogP contribution in [0.1, 0.15) is 27.3 Å². The predicted molar refractivity (Wildman–Crippen MR) is 118 cm³/mol. The van der Waals surface area contributed by atoms with E-state index in [1.807, 2.05) is 49.4 Å². The zero-order valence-corrected chi connectivity index (χ0v) is 16.9. The van der Waals surface area contributed by atoms with Gasteiger partial charge in [-0.3, -0.25) is 19.7 Å². The molecule has 0 unspecified atom stereocenters. The number of nitrogens with zero attached hydrogens (tertiary/aromatic N) is 4. The molecule has 3 aromatic heterocycles. The van der Waals surface area contributed by atoms with Gasteiger partial charge < -0.3 is 5.32 Å². The van der Waals surface area contributed by atoms with Crippen LogP contribution in [-0.2, 0) is 6.54 Å². The van der Waals surface area contributed by atoms with Crippen LogP contribution in [0.5, 0.6) is 0 Å². The summed E-state index contributed by atoms with van der Waals surface area (Å²) < 4.78 is 0. The third kappa shape index (κ3) is 4.80. The lowest BCUT2D eigenvalue weighted by atomic mass is 10.0. The van der Waals surface area contributed by atoms with Crippen LogP contribution < -0.4 is 5.32 Å². The largest absolute Gasteiger partial charge is 0.347 e. The summed E-state index contributed by atoms with van der Waals surface area (Å²) in [6, 6.07) is 20.7. The molecule has 1 N–H and O–H groups in total. The van der Waals surface area contributed by atoms with Crippen LogP contribution in [0.4, 0.5) is 0 Å². The summed E-state index contributed by atoms with van der Waals surface area (Å²) in [4.78, 5) is 25.4. The van der Waals surface area contributed by atoms with E-state index in [0.29, 0.717) is 17.8 Å². The molecule has 0 aliphatic rings. The smallest absolute Gasteiger partial charge is 0.270 e. The molecule has 3 heterocycles. The average Bonchev–Trinajstić information content (AvgIpc) is 2.83. The van der Waals surface area contributed by atoms with Gasteiger partial charge in [-0.15, -0.1) is 0 Å². The van der Waals surface area contributed by atoms with Gasteiger partial charge in [0.05, 0.1) is 17.3 Å². The van der Waals surface area contributed by atoms with E-state index in [1.54, 1.807) is 36.8 Å². The van der Waals surface area contributed by atoms with Crippen molar-refractivity contribution in [3.63, 3.8) is 0 Å². The molecule has 0 aliphatic heterocycles. The molecule has 0 fully saturated rings. The van der Waals surface area contributed by atoms with Gasteiger partial charge in [-0.25, -0.2) is 0 Å². The fraction of sp³-hybridized carbons (Fsp3) is 0.0800. The molecular formula is C25H19N5O. The number of hydrogen-bond donors (Lipinski definition) is 1. The summed E-state index contributed by atoms with van der Waals surface area (Å²) >= 11 is 0. The number of carbonyl (C=O) groups excluding carboxylic acids is 1. The van der Waals surface area contributed by atoms with Gasteiger partial charge in [0, 0.05) is 42.0 Å². The molecule has 4 rings (SSSR count). The Labute approximate surface area is 180 Å². The molecule has 31 heavy (non-hydrogen) atoms. The number of aryl methyl sites for hydroxylation is 1. The topological polar surface area (TPSA) is 91.6 Å². The number of pyridine rings is 3. The molecular weight excluding hydrogens is 386 g/mol. The van der Waals surface area contributed by atoms with Gasteiger partial charge in [-0.05, 0) is 54.4 Å². The maximum atomic E-state index is 12.4. The number of amides is 1. The lowest BCUT2D eigenvalue weighted by Gasteiger charge is -2.07. The first kappa shape index (κ1) is 19.9. The molecule has 6 nitrogen and oxygen atoms in total. The Bertz CT molecular complexity index is 1260. The Kier molecular flexibility index (Phi) is 5.77. The number of rotatable bonds is 5. The van der Waals surface area contributed by atoms with Gasteiger partial charge in [0.1, 0.15) is 5.69 Å². The normalized spacial score (nSPS) is 10.3. The van der Waals surface area contributed by atoms with Gasteiger partial charge in [0.25, 0.3) is 5.91 Å². The first-order valence-corrected chi connectivity index (χ1v) is 9.75. The van der Waals surface area contributed by atoms with Gasteiger partial charge in [-0.2, -0.15) is 5.26 Å². The van der Waals surface area contributed by atoms with E-state index in [4.69, 9.17) is 5.26 Å². The van der Waals surface area contributed by atoms with E-state index in [9.17, 15) is 4.79 Å². The van der Waals surface area contributed by atoms with Crippen molar-refractivity contribution in [2.24, 2.45) is 0 Å². The van der Waals surface area contributed by atoms with Crippen molar-refractivity contribution >= 4 is 5.91 Å². The van der Waals surface area contributed by atoms with Crippen LogP contribution in [0.2, 0.25) is 0 Å². The highest BCUT2D eigenvalue weighted by Crippen LogP contribution is 2.20. The predicted octanol–water partition coefficient (Wildman–Crippen LogP) is 4.32.